The Hall–Kier alpha value is -0.160. The van der Waals surface area contributed by atoms with E-state index in [2.05, 4.69) is 13.8 Å². The molecule has 4 saturated carbocycles. The van der Waals surface area contributed by atoms with Gasteiger partial charge >= 0.3 is 0 Å². The van der Waals surface area contributed by atoms with Crippen LogP contribution in [0.25, 0.3) is 0 Å². The Morgan fingerprint density at radius 1 is 0.960 bits per heavy atom. The van der Waals surface area contributed by atoms with E-state index in [4.69, 9.17) is 5.73 Å². The molecule has 0 aromatic heterocycles. The lowest BCUT2D eigenvalue weighted by molar-refractivity contribution is -0.187. The lowest BCUT2D eigenvalue weighted by atomic mass is 9.42. The summed E-state index contributed by atoms with van der Waals surface area (Å²) in [6.07, 6.45) is 6.77. The van der Waals surface area contributed by atoms with Gasteiger partial charge in [-0.2, -0.15) is 0 Å². The summed E-state index contributed by atoms with van der Waals surface area (Å²) >= 11 is 0. The quantitative estimate of drug-likeness (QED) is 0.584. The first-order valence-electron chi connectivity index (χ1n) is 10.5. The Balaban J connectivity index is 1.71. The van der Waals surface area contributed by atoms with Crippen LogP contribution in [0.15, 0.2) is 0 Å². The van der Waals surface area contributed by atoms with E-state index in [0.717, 1.165) is 51.4 Å². The molecule has 0 unspecified atom stereocenters. The molecule has 0 aliphatic heterocycles. The highest BCUT2D eigenvalue weighted by Gasteiger charge is 2.69. The van der Waals surface area contributed by atoms with Crippen LogP contribution in [-0.2, 0) is 0 Å². The number of aliphatic hydroxyl groups is 3. The van der Waals surface area contributed by atoms with Crippen molar-refractivity contribution in [2.45, 2.75) is 96.0 Å². The van der Waals surface area contributed by atoms with Crippen molar-refractivity contribution in [3.8, 4) is 0 Å². The first-order valence-corrected chi connectivity index (χ1v) is 10.5. The lowest BCUT2D eigenvalue weighted by Crippen LogP contribution is -2.71. The maximum atomic E-state index is 11.3. The molecule has 0 spiro atoms. The molecule has 25 heavy (non-hydrogen) atoms. The van der Waals surface area contributed by atoms with Crippen molar-refractivity contribution >= 4 is 0 Å². The van der Waals surface area contributed by atoms with Crippen molar-refractivity contribution in [3.63, 3.8) is 0 Å². The molecule has 0 radical (unpaired) electrons. The Bertz CT molecular complexity index is 539. The predicted octanol–water partition coefficient (Wildman–Crippen LogP) is 2.44. The Kier molecular flexibility index (Phi) is 4.13. The Labute approximate surface area is 152 Å². The van der Waals surface area contributed by atoms with Crippen LogP contribution in [0.1, 0.15) is 72.1 Å². The zero-order valence-electron chi connectivity index (χ0n) is 16.1. The lowest BCUT2D eigenvalue weighted by Gasteiger charge is -2.65. The third-order valence-corrected chi connectivity index (χ3v) is 9.72. The summed E-state index contributed by atoms with van der Waals surface area (Å²) in [6.45, 7) is 6.42. The molecule has 0 heterocycles. The van der Waals surface area contributed by atoms with Gasteiger partial charge < -0.3 is 21.1 Å². The number of aliphatic hydroxyl groups excluding tert-OH is 3. The van der Waals surface area contributed by atoms with Gasteiger partial charge in [0.05, 0.1) is 18.3 Å². The summed E-state index contributed by atoms with van der Waals surface area (Å²) in [4.78, 5) is 0. The second kappa shape index (κ2) is 5.67. The summed E-state index contributed by atoms with van der Waals surface area (Å²) in [7, 11) is 0. The third-order valence-electron chi connectivity index (χ3n) is 9.72. The van der Waals surface area contributed by atoms with Crippen LogP contribution >= 0.6 is 0 Å². The molecule has 144 valence electrons. The molecule has 4 heteroatoms. The molecule has 10 atom stereocenters. The zero-order valence-corrected chi connectivity index (χ0v) is 16.1. The van der Waals surface area contributed by atoms with Gasteiger partial charge in [-0.15, -0.1) is 0 Å². The van der Waals surface area contributed by atoms with Gasteiger partial charge in [0.15, 0.2) is 0 Å². The second-order valence-electron chi connectivity index (χ2n) is 10.4. The molecular formula is C21H37NO3. The van der Waals surface area contributed by atoms with Crippen LogP contribution in [0.4, 0.5) is 0 Å². The summed E-state index contributed by atoms with van der Waals surface area (Å²) in [6, 6.07) is 0. The summed E-state index contributed by atoms with van der Waals surface area (Å²) < 4.78 is 0. The van der Waals surface area contributed by atoms with E-state index in [0.29, 0.717) is 17.8 Å². The molecule has 4 aliphatic carbocycles. The largest absolute Gasteiger partial charge is 0.393 e. The number of hydrogen-bond acceptors (Lipinski definition) is 4. The molecule has 4 rings (SSSR count). The molecule has 0 saturated heterocycles. The van der Waals surface area contributed by atoms with E-state index in [9.17, 15) is 15.3 Å². The van der Waals surface area contributed by atoms with Gasteiger partial charge in [-0.25, -0.2) is 0 Å². The van der Waals surface area contributed by atoms with Crippen LogP contribution in [0.5, 0.6) is 0 Å². The standard InChI is InChI=1S/C21H37NO3/c1-12(23)15-7-9-21(22)16-5-4-13-10-14(24)6-8-19(13,2)17(16)11-18(25)20(15,21)3/h12-18,23-25H,4-11,22H2,1-3H3/t12-,13-,14+,15-,16-,17+,18-,19+,20+,21+/m1/s1. The van der Waals surface area contributed by atoms with Crippen molar-refractivity contribution in [1.29, 1.82) is 0 Å². The minimum Gasteiger partial charge on any atom is -0.393 e. The van der Waals surface area contributed by atoms with E-state index < -0.39 is 12.2 Å². The molecule has 0 aromatic carbocycles. The molecule has 4 nitrogen and oxygen atoms in total. The van der Waals surface area contributed by atoms with E-state index in [1.54, 1.807) is 0 Å². The molecule has 5 N–H and O–H groups in total. The van der Waals surface area contributed by atoms with Gasteiger partial charge in [-0.1, -0.05) is 13.8 Å². The fourth-order valence-corrected chi connectivity index (χ4v) is 8.10. The summed E-state index contributed by atoms with van der Waals surface area (Å²) in [5.74, 6) is 1.53. The normalized spacial score (nSPS) is 59.6. The second-order valence-corrected chi connectivity index (χ2v) is 10.4. The van der Waals surface area contributed by atoms with E-state index >= 15 is 0 Å². The zero-order chi connectivity index (χ0) is 18.2. The van der Waals surface area contributed by atoms with Crippen LogP contribution < -0.4 is 5.73 Å². The van der Waals surface area contributed by atoms with Gasteiger partial charge in [0.25, 0.3) is 0 Å². The molecule has 4 aliphatic rings. The van der Waals surface area contributed by atoms with Gasteiger partial charge in [0, 0.05) is 11.0 Å². The van der Waals surface area contributed by atoms with Crippen LogP contribution in [0.3, 0.4) is 0 Å². The fraction of sp³-hybridized carbons (Fsp3) is 1.00. The average molecular weight is 352 g/mol. The highest BCUT2D eigenvalue weighted by atomic mass is 16.3. The van der Waals surface area contributed by atoms with Crippen molar-refractivity contribution in [2.75, 3.05) is 0 Å². The van der Waals surface area contributed by atoms with Crippen LogP contribution in [0.2, 0.25) is 0 Å². The fourth-order valence-electron chi connectivity index (χ4n) is 8.10. The maximum Gasteiger partial charge on any atom is 0.0618 e. The molecular weight excluding hydrogens is 314 g/mol. The molecule has 0 amide bonds. The number of rotatable bonds is 1. The third kappa shape index (κ3) is 2.20. The molecule has 0 bridgehead atoms. The summed E-state index contributed by atoms with van der Waals surface area (Å²) in [5.41, 5.74) is 6.59. The van der Waals surface area contributed by atoms with E-state index in [-0.39, 0.29) is 28.4 Å². The number of hydrogen-bond donors (Lipinski definition) is 4. The predicted molar refractivity (Wildman–Crippen MR) is 97.7 cm³/mol. The van der Waals surface area contributed by atoms with Crippen molar-refractivity contribution in [3.05, 3.63) is 0 Å². The van der Waals surface area contributed by atoms with Gasteiger partial charge in [-0.3, -0.25) is 0 Å². The summed E-state index contributed by atoms with van der Waals surface area (Å²) in [5, 5.41) is 31.8. The monoisotopic (exact) mass is 351 g/mol. The van der Waals surface area contributed by atoms with E-state index in [1.165, 1.54) is 0 Å². The topological polar surface area (TPSA) is 86.7 Å². The van der Waals surface area contributed by atoms with Crippen molar-refractivity contribution in [1.82, 2.24) is 0 Å². The number of fused-ring (bicyclic) bond motifs is 5. The van der Waals surface area contributed by atoms with Crippen LogP contribution in [0, 0.1) is 34.5 Å². The molecule has 4 fully saturated rings. The van der Waals surface area contributed by atoms with E-state index in [1.807, 2.05) is 6.92 Å². The van der Waals surface area contributed by atoms with Gasteiger partial charge in [0.1, 0.15) is 0 Å². The Morgan fingerprint density at radius 2 is 1.68 bits per heavy atom. The smallest absolute Gasteiger partial charge is 0.0618 e. The Morgan fingerprint density at radius 3 is 2.36 bits per heavy atom. The first-order chi connectivity index (χ1) is 11.6. The van der Waals surface area contributed by atoms with Crippen molar-refractivity contribution in [2.24, 2.45) is 40.2 Å². The van der Waals surface area contributed by atoms with Crippen LogP contribution in [-0.4, -0.2) is 39.2 Å². The van der Waals surface area contributed by atoms with Gasteiger partial charge in [-0.05, 0) is 87.4 Å². The minimum absolute atomic E-state index is 0.0900. The molecule has 0 aromatic rings. The maximum absolute atomic E-state index is 11.3. The SMILES string of the molecule is C[C@@H](O)[C@H]1CC[C@]2(N)[C@@H]3CC[C@@H]4C[C@@H](O)CC[C@]4(C)[C@H]3C[C@@H](O)[C@]12C. The first kappa shape index (κ1) is 18.2. The van der Waals surface area contributed by atoms with Gasteiger partial charge in [0.2, 0.25) is 0 Å². The number of nitrogens with two attached hydrogens (primary N) is 1. The minimum atomic E-state index is -0.441. The van der Waals surface area contributed by atoms with Crippen molar-refractivity contribution < 1.29 is 15.3 Å². The highest BCUT2D eigenvalue weighted by molar-refractivity contribution is 5.22. The highest BCUT2D eigenvalue weighted by Crippen LogP contribution is 2.68. The average Bonchev–Trinajstić information content (AvgIpc) is 2.83.